The number of para-hydroxylation sites is 1. The van der Waals surface area contributed by atoms with Gasteiger partial charge in [-0.05, 0) is 42.5 Å². The first-order valence-electron chi connectivity index (χ1n) is 9.96. The Labute approximate surface area is 196 Å². The van der Waals surface area contributed by atoms with E-state index in [1.807, 2.05) is 0 Å². The molecular formula is C24H23ClN2O6. The van der Waals surface area contributed by atoms with Crippen molar-refractivity contribution in [3.63, 3.8) is 0 Å². The van der Waals surface area contributed by atoms with Crippen molar-refractivity contribution in [3.8, 4) is 17.2 Å². The van der Waals surface area contributed by atoms with Crippen LogP contribution in [0.3, 0.4) is 0 Å². The van der Waals surface area contributed by atoms with Crippen LogP contribution in [0.5, 0.6) is 17.2 Å². The number of carbonyl (C=O) groups is 2. The van der Waals surface area contributed by atoms with Gasteiger partial charge in [0.15, 0.2) is 11.5 Å². The fourth-order valence-electron chi connectivity index (χ4n) is 2.83. The number of ether oxygens (including phenoxy) is 3. The van der Waals surface area contributed by atoms with Gasteiger partial charge < -0.3 is 29.3 Å². The van der Waals surface area contributed by atoms with E-state index in [4.69, 9.17) is 30.2 Å². The maximum atomic E-state index is 12.8. The number of methoxy groups -OCH3 is 2. The molecule has 0 spiro atoms. The second kappa shape index (κ2) is 11.6. The van der Waals surface area contributed by atoms with Crippen LogP contribution in [0.15, 0.2) is 71.0 Å². The van der Waals surface area contributed by atoms with Crippen molar-refractivity contribution in [3.05, 3.63) is 82.9 Å². The van der Waals surface area contributed by atoms with Gasteiger partial charge in [-0.25, -0.2) is 0 Å². The molecule has 0 unspecified atom stereocenters. The summed E-state index contributed by atoms with van der Waals surface area (Å²) in [7, 11) is 2.97. The van der Waals surface area contributed by atoms with E-state index in [-0.39, 0.29) is 24.4 Å². The van der Waals surface area contributed by atoms with Gasteiger partial charge in [0.1, 0.15) is 23.8 Å². The lowest BCUT2D eigenvalue weighted by atomic mass is 10.1. The van der Waals surface area contributed by atoms with Crippen LogP contribution in [0.4, 0.5) is 0 Å². The lowest BCUT2D eigenvalue weighted by Crippen LogP contribution is -2.36. The Hall–Kier alpha value is -3.91. The minimum absolute atomic E-state index is 0.00229. The molecular weight excluding hydrogens is 448 g/mol. The van der Waals surface area contributed by atoms with Crippen LogP contribution >= 0.6 is 11.6 Å². The number of hydrogen-bond donors (Lipinski definition) is 2. The third-order valence-electron chi connectivity index (χ3n) is 4.45. The maximum Gasteiger partial charge on any atom is 0.268 e. The zero-order valence-electron chi connectivity index (χ0n) is 18.1. The summed E-state index contributed by atoms with van der Waals surface area (Å²) in [5.74, 6) is 0.778. The third kappa shape index (κ3) is 6.54. The van der Waals surface area contributed by atoms with Gasteiger partial charge in [0.25, 0.3) is 11.8 Å². The molecule has 0 radical (unpaired) electrons. The monoisotopic (exact) mass is 470 g/mol. The number of amides is 2. The van der Waals surface area contributed by atoms with Crippen LogP contribution in [0.2, 0.25) is 5.02 Å². The predicted molar refractivity (Wildman–Crippen MR) is 124 cm³/mol. The molecule has 0 saturated carbocycles. The van der Waals surface area contributed by atoms with Crippen molar-refractivity contribution in [2.24, 2.45) is 0 Å². The smallest absolute Gasteiger partial charge is 0.268 e. The van der Waals surface area contributed by atoms with E-state index in [1.54, 1.807) is 48.5 Å². The predicted octanol–water partition coefficient (Wildman–Crippen LogP) is 3.92. The highest BCUT2D eigenvalue weighted by Crippen LogP contribution is 2.27. The number of halogens is 1. The summed E-state index contributed by atoms with van der Waals surface area (Å²) in [6, 6.07) is 15.1. The molecule has 1 aromatic heterocycles. The second-order valence-corrected chi connectivity index (χ2v) is 7.04. The Kier molecular flexibility index (Phi) is 8.37. The maximum absolute atomic E-state index is 12.8. The summed E-state index contributed by atoms with van der Waals surface area (Å²) in [4.78, 5) is 25.6. The molecule has 0 bridgehead atoms. The van der Waals surface area contributed by atoms with Crippen molar-refractivity contribution in [2.75, 3.05) is 27.4 Å². The highest BCUT2D eigenvalue weighted by molar-refractivity contribution is 6.32. The number of nitrogens with one attached hydrogen (secondary N) is 2. The number of furan rings is 1. The highest BCUT2D eigenvalue weighted by Gasteiger charge is 2.17. The SMILES string of the molecule is COc1ccc(C(=O)N/C(=C\c2ccco2)C(=O)NCCOc2ccccc2Cl)cc1OC. The van der Waals surface area contributed by atoms with Gasteiger partial charge in [-0.3, -0.25) is 9.59 Å². The normalized spacial score (nSPS) is 10.9. The number of benzene rings is 2. The van der Waals surface area contributed by atoms with Gasteiger partial charge in [0, 0.05) is 11.6 Å². The molecule has 172 valence electrons. The zero-order chi connectivity index (χ0) is 23.6. The topological polar surface area (TPSA) is 99.0 Å². The van der Waals surface area contributed by atoms with Crippen LogP contribution in [0.1, 0.15) is 16.1 Å². The van der Waals surface area contributed by atoms with Crippen LogP contribution in [0, 0.1) is 0 Å². The molecule has 0 fully saturated rings. The van der Waals surface area contributed by atoms with Gasteiger partial charge in [0.2, 0.25) is 0 Å². The molecule has 0 atom stereocenters. The molecule has 0 saturated heterocycles. The molecule has 33 heavy (non-hydrogen) atoms. The Morgan fingerprint density at radius 3 is 2.48 bits per heavy atom. The molecule has 3 aromatic rings. The highest BCUT2D eigenvalue weighted by atomic mass is 35.5. The van der Waals surface area contributed by atoms with Gasteiger partial charge in [-0.15, -0.1) is 0 Å². The first kappa shape index (κ1) is 23.7. The molecule has 2 amide bonds. The molecule has 0 aliphatic rings. The molecule has 3 rings (SSSR count). The van der Waals surface area contributed by atoms with Crippen LogP contribution in [-0.4, -0.2) is 39.2 Å². The first-order valence-corrected chi connectivity index (χ1v) is 10.3. The average Bonchev–Trinajstić information content (AvgIpc) is 3.35. The van der Waals surface area contributed by atoms with Gasteiger partial charge in [0.05, 0.1) is 32.1 Å². The second-order valence-electron chi connectivity index (χ2n) is 6.63. The standard InChI is InChI=1S/C24H23ClN2O6/c1-30-21-10-9-16(14-22(21)31-2)23(28)27-19(15-17-6-5-12-32-17)24(29)26-11-13-33-20-8-4-3-7-18(20)25/h3-10,12,14-15H,11,13H2,1-2H3,(H,26,29)(H,27,28)/b19-15-. The minimum atomic E-state index is -0.511. The summed E-state index contributed by atoms with van der Waals surface area (Å²) >= 11 is 6.06. The summed E-state index contributed by atoms with van der Waals surface area (Å²) in [5.41, 5.74) is 0.287. The first-order chi connectivity index (χ1) is 16.0. The number of rotatable bonds is 10. The number of carbonyl (C=O) groups excluding carboxylic acids is 2. The van der Waals surface area contributed by atoms with Crippen molar-refractivity contribution in [1.29, 1.82) is 0 Å². The molecule has 2 N–H and O–H groups in total. The van der Waals surface area contributed by atoms with Crippen molar-refractivity contribution >= 4 is 29.5 Å². The van der Waals surface area contributed by atoms with Gasteiger partial charge >= 0.3 is 0 Å². The molecule has 2 aromatic carbocycles. The molecule has 0 aliphatic heterocycles. The van der Waals surface area contributed by atoms with E-state index < -0.39 is 11.8 Å². The van der Waals surface area contributed by atoms with E-state index >= 15 is 0 Å². The fourth-order valence-corrected chi connectivity index (χ4v) is 3.02. The van der Waals surface area contributed by atoms with Crippen LogP contribution < -0.4 is 24.8 Å². The van der Waals surface area contributed by atoms with E-state index in [0.29, 0.717) is 28.0 Å². The summed E-state index contributed by atoms with van der Waals surface area (Å²) in [6.07, 6.45) is 2.90. The largest absolute Gasteiger partial charge is 0.493 e. The van der Waals surface area contributed by atoms with E-state index in [0.717, 1.165) is 0 Å². The summed E-state index contributed by atoms with van der Waals surface area (Å²) < 4.78 is 21.3. The quantitative estimate of drug-likeness (QED) is 0.344. The Morgan fingerprint density at radius 2 is 1.79 bits per heavy atom. The van der Waals surface area contributed by atoms with Crippen molar-refractivity contribution in [2.45, 2.75) is 0 Å². The van der Waals surface area contributed by atoms with Crippen molar-refractivity contribution < 1.29 is 28.2 Å². The van der Waals surface area contributed by atoms with Gasteiger partial charge in [-0.2, -0.15) is 0 Å². The Balaban J connectivity index is 1.68. The Morgan fingerprint density at radius 1 is 1.00 bits per heavy atom. The minimum Gasteiger partial charge on any atom is -0.493 e. The third-order valence-corrected chi connectivity index (χ3v) is 4.76. The van der Waals surface area contributed by atoms with E-state index in [2.05, 4.69) is 10.6 Å². The lowest BCUT2D eigenvalue weighted by molar-refractivity contribution is -0.117. The molecule has 8 nitrogen and oxygen atoms in total. The van der Waals surface area contributed by atoms with E-state index in [9.17, 15) is 9.59 Å². The van der Waals surface area contributed by atoms with E-state index in [1.165, 1.54) is 32.6 Å². The van der Waals surface area contributed by atoms with Crippen LogP contribution in [-0.2, 0) is 4.79 Å². The average molecular weight is 471 g/mol. The molecule has 0 aliphatic carbocycles. The molecule has 9 heteroatoms. The van der Waals surface area contributed by atoms with Gasteiger partial charge in [-0.1, -0.05) is 23.7 Å². The molecule has 1 heterocycles. The zero-order valence-corrected chi connectivity index (χ0v) is 18.8. The van der Waals surface area contributed by atoms with Crippen LogP contribution in [0.25, 0.3) is 6.08 Å². The summed E-state index contributed by atoms with van der Waals surface area (Å²) in [6.45, 7) is 0.374. The number of hydrogen-bond acceptors (Lipinski definition) is 6. The Bertz CT molecular complexity index is 1130. The van der Waals surface area contributed by atoms with Crippen molar-refractivity contribution in [1.82, 2.24) is 10.6 Å². The summed E-state index contributed by atoms with van der Waals surface area (Å²) in [5, 5.41) is 5.80. The lowest BCUT2D eigenvalue weighted by Gasteiger charge is -2.13. The fraction of sp³-hybridized carbons (Fsp3) is 0.167.